The number of piperazine rings is 1. The second kappa shape index (κ2) is 8.75. The predicted octanol–water partition coefficient (Wildman–Crippen LogP) is 4.49. The maximum atomic E-state index is 14.2. The summed E-state index contributed by atoms with van der Waals surface area (Å²) >= 11 is 6.31. The van der Waals surface area contributed by atoms with Crippen LogP contribution in [-0.4, -0.2) is 66.1 Å². The summed E-state index contributed by atoms with van der Waals surface area (Å²) in [5.74, 6) is -0.187. The zero-order chi connectivity index (χ0) is 22.2. The maximum absolute atomic E-state index is 14.2. The first kappa shape index (κ1) is 21.3. The van der Waals surface area contributed by atoms with Gasteiger partial charge in [-0.15, -0.1) is 0 Å². The molecule has 0 spiro atoms. The van der Waals surface area contributed by atoms with Crippen molar-refractivity contribution in [2.24, 2.45) is 0 Å². The van der Waals surface area contributed by atoms with Gasteiger partial charge in [-0.25, -0.2) is 4.39 Å². The Bertz CT molecular complexity index is 1140. The van der Waals surface area contributed by atoms with E-state index in [0.717, 1.165) is 36.0 Å². The molecular formula is C25H28ClFN4O. The van der Waals surface area contributed by atoms with Crippen LogP contribution in [0.4, 0.5) is 10.1 Å². The number of likely N-dealkylation sites (tertiary alicyclic amines) is 1. The van der Waals surface area contributed by atoms with Crippen LogP contribution in [0.25, 0.3) is 10.9 Å². The summed E-state index contributed by atoms with van der Waals surface area (Å²) in [6.45, 7) is 4.33. The predicted molar refractivity (Wildman–Crippen MR) is 127 cm³/mol. The van der Waals surface area contributed by atoms with E-state index in [1.807, 2.05) is 40.3 Å². The molecule has 2 aliphatic heterocycles. The Labute approximate surface area is 193 Å². The van der Waals surface area contributed by atoms with Crippen molar-refractivity contribution < 1.29 is 9.18 Å². The van der Waals surface area contributed by atoms with E-state index in [2.05, 4.69) is 16.5 Å². The fraction of sp³-hybridized carbons (Fsp3) is 0.400. The highest BCUT2D eigenvalue weighted by molar-refractivity contribution is 6.31. The number of carbonyl (C=O) groups is 1. The molecule has 2 fully saturated rings. The minimum atomic E-state index is -0.218. The molecule has 1 amide bonds. The van der Waals surface area contributed by atoms with Gasteiger partial charge in [0, 0.05) is 55.4 Å². The smallest absolute Gasteiger partial charge is 0.256 e. The van der Waals surface area contributed by atoms with Gasteiger partial charge in [0.15, 0.2) is 0 Å². The van der Waals surface area contributed by atoms with Crippen LogP contribution < -0.4 is 4.90 Å². The van der Waals surface area contributed by atoms with Crippen LogP contribution in [0.1, 0.15) is 23.2 Å². The Hall–Kier alpha value is -2.57. The third-order valence-corrected chi connectivity index (χ3v) is 7.15. The van der Waals surface area contributed by atoms with Crippen LogP contribution in [-0.2, 0) is 6.54 Å². The molecule has 1 aromatic heterocycles. The molecule has 0 radical (unpaired) electrons. The zero-order valence-electron chi connectivity index (χ0n) is 18.3. The number of hydrogen-bond donors (Lipinski definition) is 0. The first-order valence-electron chi connectivity index (χ1n) is 11.3. The summed E-state index contributed by atoms with van der Waals surface area (Å²) < 4.78 is 16.4. The third-order valence-electron chi connectivity index (χ3n) is 6.91. The molecule has 168 valence electrons. The fourth-order valence-electron chi connectivity index (χ4n) is 5.05. The molecule has 0 saturated carbocycles. The van der Waals surface area contributed by atoms with E-state index in [0.29, 0.717) is 42.9 Å². The number of anilines is 1. The van der Waals surface area contributed by atoms with Gasteiger partial charge in [0.05, 0.1) is 16.8 Å². The van der Waals surface area contributed by atoms with E-state index in [-0.39, 0.29) is 11.7 Å². The van der Waals surface area contributed by atoms with Crippen LogP contribution in [0.5, 0.6) is 0 Å². The van der Waals surface area contributed by atoms with Crippen molar-refractivity contribution in [1.29, 1.82) is 0 Å². The van der Waals surface area contributed by atoms with E-state index < -0.39 is 0 Å². The van der Waals surface area contributed by atoms with Crippen molar-refractivity contribution in [1.82, 2.24) is 14.4 Å². The molecular weight excluding hydrogens is 427 g/mol. The molecule has 3 aromatic rings. The molecule has 5 rings (SSSR count). The Morgan fingerprint density at radius 3 is 2.59 bits per heavy atom. The van der Waals surface area contributed by atoms with Gasteiger partial charge in [-0.05, 0) is 50.7 Å². The second-order valence-corrected chi connectivity index (χ2v) is 9.30. The van der Waals surface area contributed by atoms with E-state index in [1.54, 1.807) is 12.1 Å². The molecule has 0 aliphatic carbocycles. The number of amides is 1. The number of aromatic nitrogens is 1. The molecule has 2 aromatic carbocycles. The summed E-state index contributed by atoms with van der Waals surface area (Å²) in [5, 5.41) is 1.62. The highest BCUT2D eigenvalue weighted by Crippen LogP contribution is 2.29. The Kier molecular flexibility index (Phi) is 5.82. The number of carbonyl (C=O) groups excluding carboxylic acids is 1. The number of nitrogens with zero attached hydrogens (tertiary/aromatic N) is 4. The van der Waals surface area contributed by atoms with Crippen LogP contribution in [0.3, 0.4) is 0 Å². The van der Waals surface area contributed by atoms with Crippen LogP contribution >= 0.6 is 11.6 Å². The van der Waals surface area contributed by atoms with Crippen LogP contribution in [0.15, 0.2) is 48.7 Å². The molecule has 5 nitrogen and oxygen atoms in total. The summed E-state index contributed by atoms with van der Waals surface area (Å²) in [6.07, 6.45) is 4.37. The topological polar surface area (TPSA) is 31.7 Å². The highest BCUT2D eigenvalue weighted by atomic mass is 35.5. The number of para-hydroxylation sites is 1. The van der Waals surface area contributed by atoms with Crippen molar-refractivity contribution in [3.05, 3.63) is 65.1 Å². The first-order chi connectivity index (χ1) is 15.5. The van der Waals surface area contributed by atoms with Crippen molar-refractivity contribution in [2.45, 2.75) is 25.4 Å². The van der Waals surface area contributed by atoms with E-state index >= 15 is 0 Å². The van der Waals surface area contributed by atoms with E-state index in [4.69, 9.17) is 11.6 Å². The highest BCUT2D eigenvalue weighted by Gasteiger charge is 2.27. The normalized spacial score (nSPS) is 19.8. The zero-order valence-corrected chi connectivity index (χ0v) is 19.1. The molecule has 1 atom stereocenters. The Balaban J connectivity index is 1.37. The summed E-state index contributed by atoms with van der Waals surface area (Å²) in [5.41, 5.74) is 2.33. The number of hydrogen-bond acceptors (Lipinski definition) is 3. The largest absolute Gasteiger partial charge is 0.366 e. The first-order valence-corrected chi connectivity index (χ1v) is 11.7. The molecule has 0 unspecified atom stereocenters. The molecule has 0 N–H and O–H groups in total. The third kappa shape index (κ3) is 3.97. The van der Waals surface area contributed by atoms with Gasteiger partial charge >= 0.3 is 0 Å². The average Bonchev–Trinajstić information content (AvgIpc) is 3.37. The molecule has 32 heavy (non-hydrogen) atoms. The lowest BCUT2D eigenvalue weighted by Crippen LogP contribution is -2.49. The number of benzene rings is 2. The van der Waals surface area contributed by atoms with Gasteiger partial charge in [0.25, 0.3) is 5.91 Å². The quantitative estimate of drug-likeness (QED) is 0.582. The van der Waals surface area contributed by atoms with Crippen LogP contribution in [0.2, 0.25) is 5.02 Å². The van der Waals surface area contributed by atoms with Gasteiger partial charge in [-0.3, -0.25) is 4.79 Å². The summed E-state index contributed by atoms with van der Waals surface area (Å²) in [6, 6.07) is 13.1. The minimum absolute atomic E-state index is 0.0315. The van der Waals surface area contributed by atoms with Crippen molar-refractivity contribution in [3.63, 3.8) is 0 Å². The van der Waals surface area contributed by atoms with E-state index in [1.165, 1.54) is 12.5 Å². The number of rotatable bonds is 4. The van der Waals surface area contributed by atoms with Gasteiger partial charge in [0.2, 0.25) is 0 Å². The van der Waals surface area contributed by atoms with Gasteiger partial charge in [-0.2, -0.15) is 0 Å². The molecule has 3 heterocycles. The Morgan fingerprint density at radius 2 is 1.88 bits per heavy atom. The Morgan fingerprint density at radius 1 is 1.09 bits per heavy atom. The lowest BCUT2D eigenvalue weighted by molar-refractivity contribution is 0.0748. The molecule has 2 aliphatic rings. The molecule has 0 bridgehead atoms. The van der Waals surface area contributed by atoms with Gasteiger partial charge < -0.3 is 19.3 Å². The molecule has 7 heteroatoms. The lowest BCUT2D eigenvalue weighted by atomic mass is 10.1. The SMILES string of the molecule is CN1CCC[C@@H]1Cn1cc(C(=O)N2CCN(c3ccccc3F)CC2)c2ccc(Cl)cc21. The monoisotopic (exact) mass is 454 g/mol. The maximum Gasteiger partial charge on any atom is 0.256 e. The summed E-state index contributed by atoms with van der Waals surface area (Å²) in [7, 11) is 2.16. The average molecular weight is 455 g/mol. The second-order valence-electron chi connectivity index (χ2n) is 8.86. The van der Waals surface area contributed by atoms with Crippen molar-refractivity contribution in [2.75, 3.05) is 44.7 Å². The standard InChI is InChI=1S/C25H28ClFN4O/c1-28-10-4-5-19(28)16-31-17-21(20-9-8-18(26)15-24(20)31)25(32)30-13-11-29(12-14-30)23-7-3-2-6-22(23)27/h2-3,6-9,15,17,19H,4-5,10-14,16H2,1H3/t19-/m1/s1. The van der Waals surface area contributed by atoms with Gasteiger partial charge in [0.1, 0.15) is 5.82 Å². The van der Waals surface area contributed by atoms with Crippen LogP contribution in [0, 0.1) is 5.82 Å². The minimum Gasteiger partial charge on any atom is -0.366 e. The summed E-state index contributed by atoms with van der Waals surface area (Å²) in [4.78, 5) is 19.8. The number of fused-ring (bicyclic) bond motifs is 1. The number of halogens is 2. The van der Waals surface area contributed by atoms with Crippen molar-refractivity contribution >= 4 is 34.1 Å². The van der Waals surface area contributed by atoms with Gasteiger partial charge in [-0.1, -0.05) is 29.8 Å². The lowest BCUT2D eigenvalue weighted by Gasteiger charge is -2.36. The molecule has 2 saturated heterocycles. The van der Waals surface area contributed by atoms with Crippen molar-refractivity contribution in [3.8, 4) is 0 Å². The fourth-order valence-corrected chi connectivity index (χ4v) is 5.22. The van der Waals surface area contributed by atoms with E-state index in [9.17, 15) is 9.18 Å². The number of likely N-dealkylation sites (N-methyl/N-ethyl adjacent to an activating group) is 1.